The summed E-state index contributed by atoms with van der Waals surface area (Å²) in [5, 5.41) is 6.45. The van der Waals surface area contributed by atoms with Crippen LogP contribution < -0.4 is 20.1 Å². The molecule has 0 aliphatic heterocycles. The lowest BCUT2D eigenvalue weighted by Gasteiger charge is -2.15. The van der Waals surface area contributed by atoms with Gasteiger partial charge < -0.3 is 15.4 Å². The Labute approximate surface area is 180 Å². The molecule has 0 heterocycles. The van der Waals surface area contributed by atoms with E-state index in [1.807, 2.05) is 56.3 Å². The highest BCUT2D eigenvalue weighted by molar-refractivity contribution is 7.89. The average Bonchev–Trinajstić information content (AvgIpc) is 2.71. The molecule has 0 atom stereocenters. The summed E-state index contributed by atoms with van der Waals surface area (Å²) in [4.78, 5) is 4.66. The van der Waals surface area contributed by atoms with Crippen molar-refractivity contribution in [2.75, 3.05) is 24.2 Å². The molecule has 0 radical (unpaired) electrons. The van der Waals surface area contributed by atoms with Crippen molar-refractivity contribution < 1.29 is 13.2 Å². The summed E-state index contributed by atoms with van der Waals surface area (Å²) in [6.07, 6.45) is 0.114. The minimum atomic E-state index is -3.22. The van der Waals surface area contributed by atoms with Gasteiger partial charge in [-0.15, -0.1) is 0 Å². The van der Waals surface area contributed by atoms with Gasteiger partial charge in [0.25, 0.3) is 0 Å². The van der Waals surface area contributed by atoms with Crippen LogP contribution in [0.4, 0.5) is 5.69 Å². The fourth-order valence-corrected chi connectivity index (χ4v) is 3.22. The van der Waals surface area contributed by atoms with Crippen LogP contribution in [0.1, 0.15) is 31.9 Å². The second-order valence-corrected chi connectivity index (χ2v) is 9.23. The van der Waals surface area contributed by atoms with E-state index < -0.39 is 10.0 Å². The number of nitrogens with zero attached hydrogens (tertiary/aromatic N) is 1. The van der Waals surface area contributed by atoms with Crippen LogP contribution in [0.15, 0.2) is 53.5 Å². The van der Waals surface area contributed by atoms with Crippen LogP contribution in [0.5, 0.6) is 5.75 Å². The van der Waals surface area contributed by atoms with E-state index in [9.17, 15) is 8.42 Å². The number of aryl methyl sites for hydroxylation is 1. The number of aliphatic imine (C=N–C) groups is 1. The van der Waals surface area contributed by atoms with Gasteiger partial charge in [-0.1, -0.05) is 24.3 Å². The van der Waals surface area contributed by atoms with Crippen molar-refractivity contribution >= 4 is 21.7 Å². The van der Waals surface area contributed by atoms with E-state index in [0.29, 0.717) is 19.0 Å². The van der Waals surface area contributed by atoms with Crippen molar-refractivity contribution in [3.8, 4) is 5.75 Å². The van der Waals surface area contributed by atoms with E-state index in [1.54, 1.807) is 6.92 Å². The first-order valence-corrected chi connectivity index (χ1v) is 11.8. The molecule has 0 amide bonds. The van der Waals surface area contributed by atoms with Crippen LogP contribution in [0.25, 0.3) is 0 Å². The molecule has 0 saturated carbocycles. The Kier molecular flexibility index (Phi) is 9.14. The topological polar surface area (TPSA) is 91.8 Å². The van der Waals surface area contributed by atoms with Crippen LogP contribution in [0.2, 0.25) is 0 Å². The monoisotopic (exact) mass is 432 g/mol. The summed E-state index contributed by atoms with van der Waals surface area (Å²) in [6, 6.07) is 15.7. The first kappa shape index (κ1) is 23.7. The molecule has 0 aliphatic carbocycles. The van der Waals surface area contributed by atoms with Gasteiger partial charge in [0, 0.05) is 18.8 Å². The zero-order valence-corrected chi connectivity index (χ0v) is 18.9. The van der Waals surface area contributed by atoms with Crippen molar-refractivity contribution in [1.82, 2.24) is 10.0 Å². The molecule has 0 fully saturated rings. The van der Waals surface area contributed by atoms with E-state index in [2.05, 4.69) is 33.3 Å². The first-order chi connectivity index (χ1) is 14.3. The third-order valence-electron chi connectivity index (χ3n) is 4.28. The standard InChI is InChI=1S/C22H32N4O3S/c1-5-30(27,28)25-15-14-23-22(24-16-19-9-7-6-8-18(19)4)26-20-10-12-21(13-11-20)29-17(2)3/h6-13,17,25H,5,14-16H2,1-4H3,(H2,23,24,26). The van der Waals surface area contributed by atoms with E-state index in [1.165, 1.54) is 5.56 Å². The molecule has 0 unspecified atom stereocenters. The van der Waals surface area contributed by atoms with E-state index in [0.717, 1.165) is 17.0 Å². The Morgan fingerprint density at radius 3 is 2.40 bits per heavy atom. The Morgan fingerprint density at radius 1 is 1.07 bits per heavy atom. The molecule has 30 heavy (non-hydrogen) atoms. The van der Waals surface area contributed by atoms with Gasteiger partial charge in [-0.05, 0) is 63.1 Å². The molecule has 2 aromatic carbocycles. The van der Waals surface area contributed by atoms with Gasteiger partial charge in [0.1, 0.15) is 5.75 Å². The van der Waals surface area contributed by atoms with Crippen molar-refractivity contribution in [3.05, 3.63) is 59.7 Å². The van der Waals surface area contributed by atoms with Gasteiger partial charge in [-0.2, -0.15) is 0 Å². The zero-order chi connectivity index (χ0) is 22.0. The smallest absolute Gasteiger partial charge is 0.211 e. The lowest BCUT2D eigenvalue weighted by atomic mass is 10.1. The summed E-state index contributed by atoms with van der Waals surface area (Å²) in [6.45, 7) is 8.84. The third-order valence-corrected chi connectivity index (χ3v) is 5.68. The lowest BCUT2D eigenvalue weighted by Crippen LogP contribution is -2.38. The predicted octanol–water partition coefficient (Wildman–Crippen LogP) is 3.28. The maximum absolute atomic E-state index is 11.6. The normalized spacial score (nSPS) is 12.1. The number of sulfonamides is 1. The summed E-state index contributed by atoms with van der Waals surface area (Å²) < 4.78 is 31.4. The number of ether oxygens (including phenoxy) is 1. The molecule has 164 valence electrons. The van der Waals surface area contributed by atoms with Gasteiger partial charge >= 0.3 is 0 Å². The molecular weight excluding hydrogens is 400 g/mol. The van der Waals surface area contributed by atoms with Crippen molar-refractivity contribution in [2.45, 2.75) is 40.3 Å². The number of benzene rings is 2. The predicted molar refractivity (Wildman–Crippen MR) is 124 cm³/mol. The second-order valence-electron chi connectivity index (χ2n) is 7.13. The molecule has 0 aromatic heterocycles. The molecule has 0 bridgehead atoms. The molecule has 0 spiro atoms. The molecule has 2 rings (SSSR count). The van der Waals surface area contributed by atoms with Gasteiger partial charge in [-0.3, -0.25) is 0 Å². The number of hydrogen-bond acceptors (Lipinski definition) is 4. The molecule has 3 N–H and O–H groups in total. The highest BCUT2D eigenvalue weighted by Crippen LogP contribution is 2.17. The first-order valence-electron chi connectivity index (χ1n) is 10.1. The number of rotatable bonds is 10. The molecule has 0 aliphatic rings. The third kappa shape index (κ3) is 8.42. The maximum Gasteiger partial charge on any atom is 0.211 e. The number of nitrogens with one attached hydrogen (secondary N) is 3. The van der Waals surface area contributed by atoms with Crippen molar-refractivity contribution in [1.29, 1.82) is 0 Å². The molecular formula is C22H32N4O3S. The minimum Gasteiger partial charge on any atom is -0.491 e. The van der Waals surface area contributed by atoms with Crippen LogP contribution in [-0.2, 0) is 16.6 Å². The largest absolute Gasteiger partial charge is 0.491 e. The summed E-state index contributed by atoms with van der Waals surface area (Å²) in [7, 11) is -3.22. The average molecular weight is 433 g/mol. The number of hydrogen-bond donors (Lipinski definition) is 3. The lowest BCUT2D eigenvalue weighted by molar-refractivity contribution is 0.242. The minimum absolute atomic E-state index is 0.0598. The van der Waals surface area contributed by atoms with Crippen LogP contribution in [0.3, 0.4) is 0 Å². The fourth-order valence-electron chi connectivity index (χ4n) is 2.61. The Morgan fingerprint density at radius 2 is 1.77 bits per heavy atom. The zero-order valence-electron chi connectivity index (χ0n) is 18.1. The molecule has 0 saturated heterocycles. The van der Waals surface area contributed by atoms with Gasteiger partial charge in [0.15, 0.2) is 5.96 Å². The van der Waals surface area contributed by atoms with E-state index >= 15 is 0 Å². The van der Waals surface area contributed by atoms with E-state index in [-0.39, 0.29) is 18.4 Å². The Bertz CT molecular complexity index is 926. The van der Waals surface area contributed by atoms with Crippen molar-refractivity contribution in [3.63, 3.8) is 0 Å². The fraction of sp³-hybridized carbons (Fsp3) is 0.409. The second kappa shape index (κ2) is 11.6. The van der Waals surface area contributed by atoms with Gasteiger partial charge in [0.2, 0.25) is 10.0 Å². The SMILES string of the molecule is CCS(=O)(=O)NCCNC(=NCc1ccccc1C)Nc1ccc(OC(C)C)cc1. The van der Waals surface area contributed by atoms with Crippen molar-refractivity contribution in [2.24, 2.45) is 4.99 Å². The molecule has 8 heteroatoms. The number of anilines is 1. The Balaban J connectivity index is 2.06. The summed E-state index contributed by atoms with van der Waals surface area (Å²) in [5.41, 5.74) is 3.16. The highest BCUT2D eigenvalue weighted by atomic mass is 32.2. The molecule has 7 nitrogen and oxygen atoms in total. The van der Waals surface area contributed by atoms with E-state index in [4.69, 9.17) is 4.74 Å². The van der Waals surface area contributed by atoms with Gasteiger partial charge in [0.05, 0.1) is 18.4 Å². The number of guanidine groups is 1. The van der Waals surface area contributed by atoms with Gasteiger partial charge in [-0.25, -0.2) is 18.1 Å². The highest BCUT2D eigenvalue weighted by Gasteiger charge is 2.06. The quantitative estimate of drug-likeness (QED) is 0.304. The van der Waals surface area contributed by atoms with Crippen LogP contribution in [0, 0.1) is 6.92 Å². The van der Waals surface area contributed by atoms with Crippen LogP contribution >= 0.6 is 0 Å². The van der Waals surface area contributed by atoms with Crippen LogP contribution in [-0.4, -0.2) is 39.3 Å². The molecule has 2 aromatic rings. The Hall–Kier alpha value is -2.58. The summed E-state index contributed by atoms with van der Waals surface area (Å²) in [5.74, 6) is 1.44. The maximum atomic E-state index is 11.6. The summed E-state index contributed by atoms with van der Waals surface area (Å²) >= 11 is 0.